The lowest BCUT2D eigenvalue weighted by Gasteiger charge is -2.25. The number of carbonyl (C=O) groups is 1. The minimum absolute atomic E-state index is 0.352. The first-order valence-corrected chi connectivity index (χ1v) is 8.83. The molecule has 0 N–H and O–H groups in total. The third-order valence-electron chi connectivity index (χ3n) is 3.77. The minimum Gasteiger partial charge on any atom is -0.494 e. The molecule has 2 rings (SSSR count). The number of benzene rings is 2. The summed E-state index contributed by atoms with van der Waals surface area (Å²) < 4.78 is 10.4. The highest BCUT2D eigenvalue weighted by molar-refractivity contribution is 6.30. The van der Waals surface area contributed by atoms with Gasteiger partial charge < -0.3 is 14.4 Å². The summed E-state index contributed by atoms with van der Waals surface area (Å²) in [4.78, 5) is 13.7. The first-order chi connectivity index (χ1) is 12.5. The second-order valence-electron chi connectivity index (χ2n) is 6.07. The summed E-state index contributed by atoms with van der Waals surface area (Å²) in [6.07, 6.45) is 0.856. The van der Waals surface area contributed by atoms with Crippen LogP contribution < -0.4 is 9.64 Å². The maximum atomic E-state index is 11.4. The molecule has 0 radical (unpaired) electrons. The Labute approximate surface area is 160 Å². The summed E-state index contributed by atoms with van der Waals surface area (Å²) in [5.74, 6) is 0.380. The van der Waals surface area contributed by atoms with Gasteiger partial charge in [-0.3, -0.25) is 0 Å². The first-order valence-electron chi connectivity index (χ1n) is 8.45. The molecule has 0 aliphatic carbocycles. The van der Waals surface area contributed by atoms with Gasteiger partial charge in [-0.1, -0.05) is 23.8 Å². The predicted octanol–water partition coefficient (Wildman–Crippen LogP) is 4.98. The van der Waals surface area contributed by atoms with Crippen LogP contribution in [0, 0.1) is 0 Å². The van der Waals surface area contributed by atoms with Crippen molar-refractivity contribution in [3.8, 4) is 5.75 Å². The normalized spacial score (nSPS) is 10.3. The van der Waals surface area contributed by atoms with Crippen molar-refractivity contribution >= 4 is 23.3 Å². The SMILES string of the molecule is C=C(C)CN(CCCOc1ccc(C(=O)OC)cc1)c1ccc(Cl)cc1. The van der Waals surface area contributed by atoms with Crippen LogP contribution in [0.1, 0.15) is 23.7 Å². The van der Waals surface area contributed by atoms with E-state index in [9.17, 15) is 4.79 Å². The van der Waals surface area contributed by atoms with Crippen LogP contribution in [0.4, 0.5) is 5.69 Å². The van der Waals surface area contributed by atoms with E-state index in [1.54, 1.807) is 24.3 Å². The molecule has 26 heavy (non-hydrogen) atoms. The molecule has 0 aliphatic heterocycles. The van der Waals surface area contributed by atoms with Crippen LogP contribution in [0.15, 0.2) is 60.7 Å². The quantitative estimate of drug-likeness (QED) is 0.353. The standard InChI is InChI=1S/C21H24ClNO3/c1-16(2)15-23(19-9-7-18(22)8-10-19)13-4-14-26-20-11-5-17(6-12-20)21(24)25-3/h5-12H,1,4,13-15H2,2-3H3. The Morgan fingerprint density at radius 1 is 1.12 bits per heavy atom. The molecule has 0 amide bonds. The van der Waals surface area contributed by atoms with Gasteiger partial charge in [-0.15, -0.1) is 0 Å². The van der Waals surface area contributed by atoms with Crippen LogP contribution in [-0.4, -0.2) is 32.8 Å². The minimum atomic E-state index is -0.352. The second-order valence-corrected chi connectivity index (χ2v) is 6.51. The van der Waals surface area contributed by atoms with Crippen molar-refractivity contribution in [2.75, 3.05) is 31.7 Å². The van der Waals surface area contributed by atoms with E-state index in [4.69, 9.17) is 16.3 Å². The molecule has 0 fully saturated rings. The number of ether oxygens (including phenoxy) is 2. The Bertz CT molecular complexity index is 726. The molecule has 4 nitrogen and oxygen atoms in total. The third-order valence-corrected chi connectivity index (χ3v) is 4.02. The fraction of sp³-hybridized carbons (Fsp3) is 0.286. The summed E-state index contributed by atoms with van der Waals surface area (Å²) in [5, 5.41) is 0.725. The van der Waals surface area contributed by atoms with Crippen LogP contribution in [-0.2, 0) is 4.74 Å². The lowest BCUT2D eigenvalue weighted by molar-refractivity contribution is 0.0600. The van der Waals surface area contributed by atoms with Crippen molar-refractivity contribution in [3.05, 3.63) is 71.3 Å². The Morgan fingerprint density at radius 2 is 1.77 bits per heavy atom. The number of rotatable bonds is 9. The highest BCUT2D eigenvalue weighted by Gasteiger charge is 2.08. The molecule has 0 aromatic heterocycles. The highest BCUT2D eigenvalue weighted by atomic mass is 35.5. The Balaban J connectivity index is 1.86. The van der Waals surface area contributed by atoms with Gasteiger partial charge in [-0.2, -0.15) is 0 Å². The van der Waals surface area contributed by atoms with E-state index >= 15 is 0 Å². The number of methoxy groups -OCH3 is 1. The Morgan fingerprint density at radius 3 is 2.35 bits per heavy atom. The largest absolute Gasteiger partial charge is 0.494 e. The van der Waals surface area contributed by atoms with Gasteiger partial charge in [0.2, 0.25) is 0 Å². The fourth-order valence-electron chi connectivity index (χ4n) is 2.53. The molecule has 5 heteroatoms. The number of esters is 1. The summed E-state index contributed by atoms with van der Waals surface area (Å²) in [7, 11) is 1.37. The Hall–Kier alpha value is -2.46. The van der Waals surface area contributed by atoms with E-state index in [1.807, 2.05) is 31.2 Å². The molecule has 0 unspecified atom stereocenters. The number of halogens is 1. The molecule has 0 atom stereocenters. The number of carbonyl (C=O) groups excluding carboxylic acids is 1. The van der Waals surface area contributed by atoms with Crippen LogP contribution in [0.3, 0.4) is 0 Å². The van der Waals surface area contributed by atoms with Gasteiger partial charge in [0.05, 0.1) is 19.3 Å². The van der Waals surface area contributed by atoms with Crippen LogP contribution >= 0.6 is 11.6 Å². The van der Waals surface area contributed by atoms with E-state index in [0.29, 0.717) is 12.2 Å². The number of anilines is 1. The number of hydrogen-bond acceptors (Lipinski definition) is 4. The summed E-state index contributed by atoms with van der Waals surface area (Å²) in [6, 6.07) is 14.7. The zero-order valence-corrected chi connectivity index (χ0v) is 16.0. The molecule has 2 aromatic rings. The van der Waals surface area contributed by atoms with E-state index in [1.165, 1.54) is 7.11 Å². The average molecular weight is 374 g/mol. The maximum Gasteiger partial charge on any atom is 0.337 e. The molecule has 138 valence electrons. The lowest BCUT2D eigenvalue weighted by atomic mass is 10.2. The van der Waals surface area contributed by atoms with Gasteiger partial charge in [0, 0.05) is 23.8 Å². The predicted molar refractivity (Wildman–Crippen MR) is 106 cm³/mol. The van der Waals surface area contributed by atoms with Gasteiger partial charge in [0.25, 0.3) is 0 Å². The molecule has 0 spiro atoms. The van der Waals surface area contributed by atoms with Crippen molar-refractivity contribution in [1.29, 1.82) is 0 Å². The van der Waals surface area contributed by atoms with E-state index < -0.39 is 0 Å². The summed E-state index contributed by atoms with van der Waals surface area (Å²) >= 11 is 5.97. The van der Waals surface area contributed by atoms with Crippen molar-refractivity contribution in [2.24, 2.45) is 0 Å². The zero-order valence-electron chi connectivity index (χ0n) is 15.2. The van der Waals surface area contributed by atoms with Crippen molar-refractivity contribution < 1.29 is 14.3 Å². The Kier molecular flexibility index (Phi) is 7.54. The highest BCUT2D eigenvalue weighted by Crippen LogP contribution is 2.19. The van der Waals surface area contributed by atoms with Gasteiger partial charge in [0.1, 0.15) is 5.75 Å². The third kappa shape index (κ3) is 6.12. The topological polar surface area (TPSA) is 38.8 Å². The first kappa shape index (κ1) is 19.9. The van der Waals surface area contributed by atoms with Crippen molar-refractivity contribution in [3.63, 3.8) is 0 Å². The number of nitrogens with zero attached hydrogens (tertiary/aromatic N) is 1. The second kappa shape index (κ2) is 9.88. The van der Waals surface area contributed by atoms with E-state index in [2.05, 4.69) is 16.2 Å². The molecule has 0 saturated carbocycles. The van der Waals surface area contributed by atoms with Crippen LogP contribution in [0.2, 0.25) is 5.02 Å². The summed E-state index contributed by atoms with van der Waals surface area (Å²) in [5.41, 5.74) is 2.72. The molecule has 0 saturated heterocycles. The maximum absolute atomic E-state index is 11.4. The average Bonchev–Trinajstić information content (AvgIpc) is 2.64. The van der Waals surface area contributed by atoms with E-state index in [0.717, 1.165) is 41.5 Å². The van der Waals surface area contributed by atoms with Gasteiger partial charge in [-0.05, 0) is 61.9 Å². The van der Waals surface area contributed by atoms with Crippen LogP contribution in [0.5, 0.6) is 5.75 Å². The molecule has 0 heterocycles. The van der Waals surface area contributed by atoms with Crippen LogP contribution in [0.25, 0.3) is 0 Å². The van der Waals surface area contributed by atoms with Crippen molar-refractivity contribution in [2.45, 2.75) is 13.3 Å². The smallest absolute Gasteiger partial charge is 0.337 e. The molecule has 2 aromatic carbocycles. The summed E-state index contributed by atoms with van der Waals surface area (Å²) in [6.45, 7) is 8.23. The lowest BCUT2D eigenvalue weighted by Crippen LogP contribution is -2.27. The number of hydrogen-bond donors (Lipinski definition) is 0. The fourth-order valence-corrected chi connectivity index (χ4v) is 2.65. The van der Waals surface area contributed by atoms with Gasteiger partial charge in [-0.25, -0.2) is 4.79 Å². The van der Waals surface area contributed by atoms with Crippen molar-refractivity contribution in [1.82, 2.24) is 0 Å². The molecule has 0 aliphatic rings. The molecular weight excluding hydrogens is 350 g/mol. The molecular formula is C21H24ClNO3. The van der Waals surface area contributed by atoms with E-state index in [-0.39, 0.29) is 5.97 Å². The van der Waals surface area contributed by atoms with Gasteiger partial charge >= 0.3 is 5.97 Å². The zero-order chi connectivity index (χ0) is 18.9. The van der Waals surface area contributed by atoms with Gasteiger partial charge in [0.15, 0.2) is 0 Å². The molecule has 0 bridgehead atoms. The monoisotopic (exact) mass is 373 g/mol.